The van der Waals surface area contributed by atoms with Crippen LogP contribution in [0.25, 0.3) is 0 Å². The first kappa shape index (κ1) is 10.2. The lowest BCUT2D eigenvalue weighted by atomic mass is 10.4. The summed E-state index contributed by atoms with van der Waals surface area (Å²) in [6, 6.07) is 0.152. The Kier molecular flexibility index (Phi) is 4.22. The molecule has 0 aliphatic carbocycles. The summed E-state index contributed by atoms with van der Waals surface area (Å²) in [5.74, 6) is 0. The Morgan fingerprint density at radius 3 is 2.30 bits per heavy atom. The summed E-state index contributed by atoms with van der Waals surface area (Å²) >= 11 is 0.730. The van der Waals surface area contributed by atoms with E-state index < -0.39 is 10.3 Å². The van der Waals surface area contributed by atoms with Gasteiger partial charge in [-0.15, -0.1) is 4.13 Å². The number of hydrogen-bond donors (Lipinski definition) is 3. The van der Waals surface area contributed by atoms with E-state index in [9.17, 15) is 8.42 Å². The monoisotopic (exact) mass is 186 g/mol. The zero-order valence-corrected chi connectivity index (χ0v) is 7.29. The first-order chi connectivity index (χ1) is 4.42. The van der Waals surface area contributed by atoms with Crippen molar-refractivity contribution in [2.75, 3.05) is 0 Å². The molecular weight excluding hydrogens is 176 g/mol. The normalized spacial score (nSPS) is 12.4. The zero-order chi connectivity index (χ0) is 8.20. The maximum atomic E-state index is 10.00. The summed E-state index contributed by atoms with van der Waals surface area (Å²) in [4.78, 5) is 0. The van der Waals surface area contributed by atoms with Crippen LogP contribution in [0.1, 0.15) is 13.8 Å². The highest BCUT2D eigenvalue weighted by molar-refractivity contribution is 8.06. The predicted octanol–water partition coefficient (Wildman–Crippen LogP) is -0.0600. The lowest BCUT2D eigenvalue weighted by Crippen LogP contribution is -2.24. The van der Waals surface area contributed by atoms with E-state index in [0.29, 0.717) is 0 Å². The molecule has 0 bridgehead atoms. The van der Waals surface area contributed by atoms with Crippen LogP contribution in [-0.4, -0.2) is 19.0 Å². The van der Waals surface area contributed by atoms with Crippen LogP contribution < -0.4 is 8.85 Å². The van der Waals surface area contributed by atoms with E-state index >= 15 is 0 Å². The van der Waals surface area contributed by atoms with E-state index in [0.717, 1.165) is 12.1 Å². The molecule has 0 spiro atoms. The minimum Gasteiger partial charge on any atom is -0.273 e. The Balaban J connectivity index is 3.39. The molecular formula is C3H10N2O3S2. The van der Waals surface area contributed by atoms with Gasteiger partial charge in [-0.1, -0.05) is 0 Å². The molecule has 0 atom stereocenters. The van der Waals surface area contributed by atoms with Gasteiger partial charge in [-0.05, 0) is 13.8 Å². The Bertz CT molecular complexity index is 176. The molecule has 0 amide bonds. The maximum absolute atomic E-state index is 10.00. The SMILES string of the molecule is CC(C)NSNS(=O)(=O)O. The average Bonchev–Trinajstić information content (AvgIpc) is 1.59. The highest BCUT2D eigenvalue weighted by Crippen LogP contribution is 1.91. The van der Waals surface area contributed by atoms with Crippen LogP contribution >= 0.6 is 12.1 Å². The zero-order valence-electron chi connectivity index (χ0n) is 5.66. The van der Waals surface area contributed by atoms with Crippen molar-refractivity contribution < 1.29 is 13.0 Å². The smallest absolute Gasteiger partial charge is 0.273 e. The second-order valence-electron chi connectivity index (χ2n) is 1.93. The van der Waals surface area contributed by atoms with Crippen LogP contribution in [-0.2, 0) is 10.3 Å². The highest BCUT2D eigenvalue weighted by Gasteiger charge is 2.01. The molecule has 7 heteroatoms. The average molecular weight is 186 g/mol. The third kappa shape index (κ3) is 8.18. The molecule has 10 heavy (non-hydrogen) atoms. The second kappa shape index (κ2) is 4.14. The largest absolute Gasteiger partial charge is 0.343 e. The van der Waals surface area contributed by atoms with Gasteiger partial charge in [0.1, 0.15) is 0 Å². The lowest BCUT2D eigenvalue weighted by molar-refractivity contribution is 0.480. The van der Waals surface area contributed by atoms with Crippen LogP contribution in [0.5, 0.6) is 0 Å². The fourth-order valence-corrected chi connectivity index (χ4v) is 1.04. The molecule has 62 valence electrons. The molecule has 0 aromatic carbocycles. The summed E-state index contributed by atoms with van der Waals surface area (Å²) in [6.45, 7) is 3.69. The Hall–Kier alpha value is 0.180. The lowest BCUT2D eigenvalue weighted by Gasteiger charge is -2.04. The molecule has 0 radical (unpaired) electrons. The van der Waals surface area contributed by atoms with Crippen molar-refractivity contribution in [3.8, 4) is 0 Å². The van der Waals surface area contributed by atoms with Crippen LogP contribution in [0.15, 0.2) is 0 Å². The van der Waals surface area contributed by atoms with Gasteiger partial charge < -0.3 is 0 Å². The van der Waals surface area contributed by atoms with Gasteiger partial charge in [0.2, 0.25) is 0 Å². The molecule has 0 saturated carbocycles. The van der Waals surface area contributed by atoms with Gasteiger partial charge in [0, 0.05) is 18.2 Å². The first-order valence-corrected chi connectivity index (χ1v) is 4.83. The highest BCUT2D eigenvalue weighted by atomic mass is 32.3. The summed E-state index contributed by atoms with van der Waals surface area (Å²) in [5.41, 5.74) is 0. The van der Waals surface area contributed by atoms with E-state index in [2.05, 4.69) is 4.72 Å². The van der Waals surface area contributed by atoms with Crippen molar-refractivity contribution in [1.82, 2.24) is 8.85 Å². The Morgan fingerprint density at radius 2 is 2.00 bits per heavy atom. The minimum atomic E-state index is -4.07. The third-order valence-electron chi connectivity index (χ3n) is 0.442. The molecule has 0 aromatic rings. The van der Waals surface area contributed by atoms with E-state index in [-0.39, 0.29) is 6.04 Å². The van der Waals surface area contributed by atoms with Crippen LogP contribution in [0.2, 0.25) is 0 Å². The van der Waals surface area contributed by atoms with Crippen molar-refractivity contribution in [3.63, 3.8) is 0 Å². The summed E-state index contributed by atoms with van der Waals surface area (Å²) < 4.78 is 32.6. The molecule has 0 fully saturated rings. The fourth-order valence-electron chi connectivity index (χ4n) is 0.195. The summed E-state index contributed by atoms with van der Waals surface area (Å²) in [5, 5.41) is 0. The number of hydrogen-bond acceptors (Lipinski definition) is 4. The second-order valence-corrected chi connectivity index (χ2v) is 3.99. The van der Waals surface area contributed by atoms with E-state index in [1.165, 1.54) is 0 Å². The molecule has 0 aromatic heterocycles. The topological polar surface area (TPSA) is 78.4 Å². The van der Waals surface area contributed by atoms with E-state index in [1.807, 2.05) is 13.8 Å². The van der Waals surface area contributed by atoms with E-state index in [4.69, 9.17) is 4.55 Å². The van der Waals surface area contributed by atoms with Gasteiger partial charge in [-0.25, -0.2) is 4.72 Å². The van der Waals surface area contributed by atoms with Crippen molar-refractivity contribution in [3.05, 3.63) is 0 Å². The Labute approximate surface area is 64.7 Å². The molecule has 0 aliphatic heterocycles. The molecule has 0 unspecified atom stereocenters. The third-order valence-corrected chi connectivity index (χ3v) is 2.21. The minimum absolute atomic E-state index is 0.152. The van der Waals surface area contributed by atoms with Crippen LogP contribution in [0.4, 0.5) is 0 Å². The summed E-state index contributed by atoms with van der Waals surface area (Å²) in [7, 11) is -4.07. The van der Waals surface area contributed by atoms with Crippen LogP contribution in [0.3, 0.4) is 0 Å². The quantitative estimate of drug-likeness (QED) is 0.423. The Morgan fingerprint density at radius 1 is 1.50 bits per heavy atom. The fraction of sp³-hybridized carbons (Fsp3) is 1.00. The van der Waals surface area contributed by atoms with E-state index in [1.54, 1.807) is 4.13 Å². The predicted molar refractivity (Wildman–Crippen MR) is 40.5 cm³/mol. The first-order valence-electron chi connectivity index (χ1n) is 2.57. The maximum Gasteiger partial charge on any atom is 0.343 e. The standard InChI is InChI=1S/C3H10N2O3S2/c1-3(2)4-9-5-10(6,7)8/h3-5H,1-2H3,(H,6,7,8). The molecule has 0 aliphatic rings. The molecule has 5 nitrogen and oxygen atoms in total. The number of nitrogens with one attached hydrogen (secondary N) is 2. The van der Waals surface area contributed by atoms with Gasteiger partial charge >= 0.3 is 10.3 Å². The molecule has 3 N–H and O–H groups in total. The van der Waals surface area contributed by atoms with Crippen molar-refractivity contribution in [1.29, 1.82) is 0 Å². The summed E-state index contributed by atoms with van der Waals surface area (Å²) in [6.07, 6.45) is 0. The molecule has 0 rings (SSSR count). The van der Waals surface area contributed by atoms with Crippen molar-refractivity contribution in [2.24, 2.45) is 0 Å². The van der Waals surface area contributed by atoms with Gasteiger partial charge in [0.15, 0.2) is 0 Å². The van der Waals surface area contributed by atoms with Gasteiger partial charge in [-0.3, -0.25) is 4.55 Å². The van der Waals surface area contributed by atoms with Crippen molar-refractivity contribution >= 4 is 22.4 Å². The van der Waals surface area contributed by atoms with Gasteiger partial charge in [-0.2, -0.15) is 8.42 Å². The van der Waals surface area contributed by atoms with Gasteiger partial charge in [0.25, 0.3) is 0 Å². The van der Waals surface area contributed by atoms with Crippen LogP contribution in [0, 0.1) is 0 Å². The number of rotatable bonds is 4. The molecule has 0 heterocycles. The van der Waals surface area contributed by atoms with Crippen molar-refractivity contribution in [2.45, 2.75) is 19.9 Å². The molecule has 0 saturated heterocycles. The van der Waals surface area contributed by atoms with Gasteiger partial charge in [0.05, 0.1) is 0 Å².